The predicted molar refractivity (Wildman–Crippen MR) is 123 cm³/mol. The quantitative estimate of drug-likeness (QED) is 0.468. The minimum absolute atomic E-state index is 0.0333. The third kappa shape index (κ3) is 4.18. The predicted octanol–water partition coefficient (Wildman–Crippen LogP) is 4.78. The summed E-state index contributed by atoms with van der Waals surface area (Å²) in [6.07, 6.45) is 0.213. The molecule has 3 aromatic rings. The smallest absolute Gasteiger partial charge is 0.337 e. The molecule has 0 aliphatic carbocycles. The lowest BCUT2D eigenvalue weighted by Crippen LogP contribution is -2.18. The van der Waals surface area contributed by atoms with E-state index in [2.05, 4.69) is 15.9 Å². The molecular formula is C23H22BrNO5S. The maximum atomic E-state index is 13.5. The molecule has 3 aromatic carbocycles. The number of halogens is 1. The van der Waals surface area contributed by atoms with Crippen molar-refractivity contribution < 1.29 is 23.1 Å². The summed E-state index contributed by atoms with van der Waals surface area (Å²) < 4.78 is 33.0. The summed E-state index contributed by atoms with van der Waals surface area (Å²) in [4.78, 5) is 12.1. The molecule has 0 heterocycles. The Morgan fingerprint density at radius 2 is 1.68 bits per heavy atom. The molecule has 3 N–H and O–H groups in total. The highest BCUT2D eigenvalue weighted by molar-refractivity contribution is 9.10. The second-order valence-electron chi connectivity index (χ2n) is 7.10. The van der Waals surface area contributed by atoms with E-state index in [0.717, 1.165) is 10.0 Å². The van der Waals surface area contributed by atoms with Crippen molar-refractivity contribution in [1.29, 1.82) is 0 Å². The van der Waals surface area contributed by atoms with Crippen LogP contribution in [0, 0.1) is 13.8 Å². The van der Waals surface area contributed by atoms with E-state index in [4.69, 9.17) is 10.5 Å². The van der Waals surface area contributed by atoms with Crippen molar-refractivity contribution in [2.24, 2.45) is 0 Å². The number of ether oxygens (including phenoxy) is 1. The van der Waals surface area contributed by atoms with Gasteiger partial charge in [-0.05, 0) is 72.9 Å². The van der Waals surface area contributed by atoms with E-state index >= 15 is 0 Å². The van der Waals surface area contributed by atoms with Crippen molar-refractivity contribution in [2.45, 2.75) is 30.1 Å². The van der Waals surface area contributed by atoms with Gasteiger partial charge in [-0.25, -0.2) is 13.2 Å². The van der Waals surface area contributed by atoms with E-state index in [1.165, 1.54) is 38.3 Å². The van der Waals surface area contributed by atoms with Crippen LogP contribution < -0.4 is 10.5 Å². The van der Waals surface area contributed by atoms with Gasteiger partial charge in [-0.2, -0.15) is 0 Å². The molecule has 0 fully saturated rings. The highest BCUT2D eigenvalue weighted by Crippen LogP contribution is 2.37. The Bertz CT molecular complexity index is 1270. The van der Waals surface area contributed by atoms with Crippen molar-refractivity contribution in [3.8, 4) is 5.75 Å². The molecule has 0 bridgehead atoms. The Kier molecular flexibility index (Phi) is 6.43. The van der Waals surface area contributed by atoms with Crippen molar-refractivity contribution in [3.63, 3.8) is 0 Å². The van der Waals surface area contributed by atoms with Gasteiger partial charge in [0.05, 0.1) is 22.5 Å². The molecule has 162 valence electrons. The largest absolute Gasteiger partial charge is 0.497 e. The van der Waals surface area contributed by atoms with Gasteiger partial charge in [0.25, 0.3) is 0 Å². The van der Waals surface area contributed by atoms with Gasteiger partial charge in [-0.15, -0.1) is 0 Å². The van der Waals surface area contributed by atoms with Crippen LogP contribution in [0.3, 0.4) is 0 Å². The highest BCUT2D eigenvalue weighted by Gasteiger charge is 2.32. The maximum Gasteiger partial charge on any atom is 0.337 e. The Hall–Kier alpha value is -2.84. The molecule has 0 unspecified atom stereocenters. The normalized spacial score (nSPS) is 11.4. The summed E-state index contributed by atoms with van der Waals surface area (Å²) >= 11 is 3.47. The van der Waals surface area contributed by atoms with Gasteiger partial charge >= 0.3 is 5.97 Å². The van der Waals surface area contributed by atoms with Crippen LogP contribution in [-0.4, -0.2) is 26.6 Å². The van der Waals surface area contributed by atoms with Crippen LogP contribution in [0.5, 0.6) is 5.75 Å². The van der Waals surface area contributed by atoms with Crippen molar-refractivity contribution in [3.05, 3.63) is 80.8 Å². The molecule has 0 spiro atoms. The molecule has 0 saturated carbocycles. The van der Waals surface area contributed by atoms with Crippen molar-refractivity contribution in [1.82, 2.24) is 0 Å². The number of nitrogen functional groups attached to an aromatic ring is 1. The lowest BCUT2D eigenvalue weighted by Gasteiger charge is -2.21. The molecule has 0 saturated heterocycles. The first kappa shape index (κ1) is 22.8. The van der Waals surface area contributed by atoms with E-state index in [0.29, 0.717) is 16.9 Å². The van der Waals surface area contributed by atoms with Gasteiger partial charge in [0.1, 0.15) is 5.75 Å². The molecule has 0 aromatic heterocycles. The number of hydrogen-bond donors (Lipinski definition) is 2. The number of methoxy groups -OCH3 is 1. The SMILES string of the molecule is COc1ccc(S(=O)(=O)c2c(C)c(N)c(C)c(Cc3ccccc3Br)c2C(=O)O)cc1. The van der Waals surface area contributed by atoms with Gasteiger partial charge in [-0.1, -0.05) is 34.1 Å². The third-order valence-electron chi connectivity index (χ3n) is 5.31. The van der Waals surface area contributed by atoms with Gasteiger partial charge < -0.3 is 15.6 Å². The van der Waals surface area contributed by atoms with Gasteiger partial charge in [0.15, 0.2) is 0 Å². The second kappa shape index (κ2) is 8.72. The molecule has 3 rings (SSSR count). The van der Waals surface area contributed by atoms with E-state index in [1.807, 2.05) is 24.3 Å². The second-order valence-corrected chi connectivity index (χ2v) is 9.84. The fourth-order valence-electron chi connectivity index (χ4n) is 3.57. The van der Waals surface area contributed by atoms with E-state index in [9.17, 15) is 18.3 Å². The number of rotatable bonds is 6. The third-order valence-corrected chi connectivity index (χ3v) is 8.02. The van der Waals surface area contributed by atoms with Crippen LogP contribution in [0.1, 0.15) is 32.6 Å². The number of carboxylic acids is 1. The van der Waals surface area contributed by atoms with Gasteiger partial charge in [0.2, 0.25) is 9.84 Å². The lowest BCUT2D eigenvalue weighted by atomic mass is 9.91. The number of hydrogen-bond acceptors (Lipinski definition) is 5. The number of anilines is 1. The zero-order chi connectivity index (χ0) is 22.9. The van der Waals surface area contributed by atoms with Crippen molar-refractivity contribution >= 4 is 37.4 Å². The summed E-state index contributed by atoms with van der Waals surface area (Å²) in [5.74, 6) is -0.826. The number of carboxylic acid groups (broad SMARTS) is 1. The molecule has 0 aliphatic rings. The maximum absolute atomic E-state index is 13.5. The fraction of sp³-hybridized carbons (Fsp3) is 0.174. The summed E-state index contributed by atoms with van der Waals surface area (Å²) in [6.45, 7) is 3.25. The molecule has 6 nitrogen and oxygen atoms in total. The first-order valence-electron chi connectivity index (χ1n) is 9.37. The molecule has 0 amide bonds. The Labute approximate surface area is 189 Å². The van der Waals surface area contributed by atoms with E-state index in [1.54, 1.807) is 6.92 Å². The van der Waals surface area contributed by atoms with Crippen LogP contribution in [0.15, 0.2) is 62.8 Å². The number of nitrogens with two attached hydrogens (primary N) is 1. The number of aromatic carboxylic acids is 1. The molecule has 8 heteroatoms. The minimum Gasteiger partial charge on any atom is -0.497 e. The molecule has 0 atom stereocenters. The highest BCUT2D eigenvalue weighted by atomic mass is 79.9. The Morgan fingerprint density at radius 3 is 2.23 bits per heavy atom. The standard InChI is InChI=1S/C23H22BrNO5S/c1-13-18(12-15-6-4-5-7-19(15)24)20(23(26)27)22(14(2)21(13)25)31(28,29)17-10-8-16(30-3)9-11-17/h4-11H,12,25H2,1-3H3,(H,26,27). The molecular weight excluding hydrogens is 482 g/mol. The van der Waals surface area contributed by atoms with Crippen LogP contribution >= 0.6 is 15.9 Å². The van der Waals surface area contributed by atoms with E-state index in [-0.39, 0.29) is 33.0 Å². The molecule has 31 heavy (non-hydrogen) atoms. The van der Waals surface area contributed by atoms with Crippen LogP contribution in [0.25, 0.3) is 0 Å². The fourth-order valence-corrected chi connectivity index (χ4v) is 5.71. The summed E-state index contributed by atoms with van der Waals surface area (Å²) in [6, 6.07) is 13.2. The summed E-state index contributed by atoms with van der Waals surface area (Å²) in [5.41, 5.74) is 8.26. The first-order chi connectivity index (χ1) is 14.6. The van der Waals surface area contributed by atoms with Gasteiger partial charge in [-0.3, -0.25) is 0 Å². The van der Waals surface area contributed by atoms with Crippen LogP contribution in [0.2, 0.25) is 0 Å². The number of benzene rings is 3. The lowest BCUT2D eigenvalue weighted by molar-refractivity contribution is 0.0691. The zero-order valence-electron chi connectivity index (χ0n) is 17.3. The Balaban J connectivity index is 2.33. The average molecular weight is 504 g/mol. The molecule has 0 aliphatic heterocycles. The number of sulfone groups is 1. The monoisotopic (exact) mass is 503 g/mol. The van der Waals surface area contributed by atoms with Crippen LogP contribution in [0.4, 0.5) is 5.69 Å². The van der Waals surface area contributed by atoms with Crippen molar-refractivity contribution in [2.75, 3.05) is 12.8 Å². The summed E-state index contributed by atoms with van der Waals surface area (Å²) in [7, 11) is -2.69. The Morgan fingerprint density at radius 1 is 1.06 bits per heavy atom. The first-order valence-corrected chi connectivity index (χ1v) is 11.6. The topological polar surface area (TPSA) is 107 Å². The van der Waals surface area contributed by atoms with E-state index < -0.39 is 15.8 Å². The average Bonchev–Trinajstić information content (AvgIpc) is 2.74. The van der Waals surface area contributed by atoms with Gasteiger partial charge in [0, 0.05) is 10.2 Å². The van der Waals surface area contributed by atoms with Crippen LogP contribution in [-0.2, 0) is 16.3 Å². The zero-order valence-corrected chi connectivity index (χ0v) is 19.7. The molecule has 0 radical (unpaired) electrons. The number of carbonyl (C=O) groups is 1. The summed E-state index contributed by atoms with van der Waals surface area (Å²) in [5, 5.41) is 10.1. The minimum atomic E-state index is -4.16.